The van der Waals surface area contributed by atoms with Crippen LogP contribution in [-0.2, 0) is 14.3 Å². The van der Waals surface area contributed by atoms with E-state index in [1.807, 2.05) is 6.92 Å². The molecule has 12 heavy (non-hydrogen) atoms. The molecule has 0 heterocycles. The average molecular weight is 174 g/mol. The van der Waals surface area contributed by atoms with Crippen molar-refractivity contribution in [2.75, 3.05) is 14.2 Å². The van der Waals surface area contributed by atoms with E-state index in [1.54, 1.807) is 14.2 Å². The molecule has 0 N–H and O–H groups in total. The highest BCUT2D eigenvalue weighted by Gasteiger charge is 2.07. The number of carbonyl (C=O) groups is 1. The van der Waals surface area contributed by atoms with E-state index in [0.717, 1.165) is 25.7 Å². The Morgan fingerprint density at radius 2 is 1.58 bits per heavy atom. The van der Waals surface area contributed by atoms with Crippen LogP contribution in [0, 0.1) is 0 Å². The maximum atomic E-state index is 10.2. The molecule has 0 bridgehead atoms. The van der Waals surface area contributed by atoms with Gasteiger partial charge in [0.05, 0.1) is 0 Å². The second kappa shape index (κ2) is 7.25. The maximum Gasteiger partial charge on any atom is 0.154 e. The van der Waals surface area contributed by atoms with Gasteiger partial charge in [0.15, 0.2) is 6.29 Å². The Morgan fingerprint density at radius 3 is 1.67 bits per heavy atom. The molecule has 1 fully saturated rings. The molecule has 1 saturated carbocycles. The van der Waals surface area contributed by atoms with Gasteiger partial charge in [-0.2, -0.15) is 0 Å². The van der Waals surface area contributed by atoms with Gasteiger partial charge in [0.1, 0.15) is 5.78 Å². The number of hydrogen-bond acceptors (Lipinski definition) is 3. The van der Waals surface area contributed by atoms with Crippen LogP contribution < -0.4 is 0 Å². The molecular formula is C9H18O3. The predicted molar refractivity (Wildman–Crippen MR) is 47.0 cm³/mol. The van der Waals surface area contributed by atoms with Gasteiger partial charge in [-0.1, -0.05) is 0 Å². The summed E-state index contributed by atoms with van der Waals surface area (Å²) in [6.45, 7) is 1.83. The van der Waals surface area contributed by atoms with Crippen molar-refractivity contribution in [2.24, 2.45) is 0 Å². The van der Waals surface area contributed by atoms with E-state index in [0.29, 0.717) is 5.78 Å². The Bertz CT molecular complexity index is 111. The highest BCUT2D eigenvalue weighted by Crippen LogP contribution is 2.11. The molecule has 72 valence electrons. The normalized spacial score (nSPS) is 16.2. The van der Waals surface area contributed by atoms with Crippen LogP contribution in [0.25, 0.3) is 0 Å². The summed E-state index contributed by atoms with van der Waals surface area (Å²) in [6, 6.07) is 0. The van der Waals surface area contributed by atoms with Gasteiger partial charge < -0.3 is 9.47 Å². The minimum absolute atomic E-state index is 0.0648. The Balaban J connectivity index is 0.000000202. The Kier molecular flexibility index (Phi) is 7.00. The van der Waals surface area contributed by atoms with Crippen LogP contribution in [0.2, 0.25) is 0 Å². The van der Waals surface area contributed by atoms with Gasteiger partial charge in [-0.05, 0) is 19.8 Å². The second-order valence-corrected chi connectivity index (χ2v) is 2.78. The van der Waals surface area contributed by atoms with Crippen molar-refractivity contribution < 1.29 is 14.3 Å². The smallest absolute Gasteiger partial charge is 0.154 e. The number of ether oxygens (including phenoxy) is 2. The number of ketones is 1. The summed E-state index contributed by atoms with van der Waals surface area (Å²) in [5.74, 6) is 0.454. The molecule has 0 aliphatic heterocycles. The number of hydrogen-bond donors (Lipinski definition) is 0. The van der Waals surface area contributed by atoms with Crippen molar-refractivity contribution in [3.63, 3.8) is 0 Å². The molecule has 1 rings (SSSR count). The lowest BCUT2D eigenvalue weighted by molar-refractivity contribution is -0.117. The van der Waals surface area contributed by atoms with Gasteiger partial charge in [-0.15, -0.1) is 0 Å². The van der Waals surface area contributed by atoms with E-state index < -0.39 is 0 Å². The first kappa shape index (κ1) is 11.6. The van der Waals surface area contributed by atoms with Gasteiger partial charge in [-0.25, -0.2) is 0 Å². The minimum Gasteiger partial charge on any atom is -0.356 e. The minimum atomic E-state index is -0.0648. The van der Waals surface area contributed by atoms with Crippen LogP contribution in [0.5, 0.6) is 0 Å². The van der Waals surface area contributed by atoms with Crippen molar-refractivity contribution in [2.45, 2.75) is 38.9 Å². The Labute approximate surface area is 74.0 Å². The van der Waals surface area contributed by atoms with Crippen molar-refractivity contribution >= 4 is 5.78 Å². The first-order chi connectivity index (χ1) is 5.70. The van der Waals surface area contributed by atoms with Gasteiger partial charge in [0, 0.05) is 27.1 Å². The molecule has 0 aromatic rings. The summed E-state index contributed by atoms with van der Waals surface area (Å²) in [5, 5.41) is 0. The summed E-state index contributed by atoms with van der Waals surface area (Å²) in [5.41, 5.74) is 0. The highest BCUT2D eigenvalue weighted by atomic mass is 16.7. The summed E-state index contributed by atoms with van der Waals surface area (Å²) in [4.78, 5) is 10.2. The number of Topliss-reactive ketones (excluding diaryl/α,β-unsaturated/α-hetero) is 1. The fourth-order valence-corrected chi connectivity index (χ4v) is 0.866. The summed E-state index contributed by atoms with van der Waals surface area (Å²) < 4.78 is 9.35. The maximum absolute atomic E-state index is 10.2. The first-order valence-electron chi connectivity index (χ1n) is 4.28. The molecule has 0 unspecified atom stereocenters. The third-order valence-electron chi connectivity index (χ3n) is 1.83. The molecule has 0 amide bonds. The molecule has 1 aliphatic rings. The van der Waals surface area contributed by atoms with E-state index in [1.165, 1.54) is 0 Å². The largest absolute Gasteiger partial charge is 0.356 e. The van der Waals surface area contributed by atoms with Crippen LogP contribution >= 0.6 is 0 Å². The third kappa shape index (κ3) is 6.31. The lowest BCUT2D eigenvalue weighted by Crippen LogP contribution is -2.05. The Morgan fingerprint density at radius 1 is 1.17 bits per heavy atom. The van der Waals surface area contributed by atoms with Crippen molar-refractivity contribution in [3.05, 3.63) is 0 Å². The van der Waals surface area contributed by atoms with Crippen molar-refractivity contribution in [1.82, 2.24) is 0 Å². The predicted octanol–water partition coefficient (Wildman–Crippen LogP) is 1.75. The van der Waals surface area contributed by atoms with E-state index in [2.05, 4.69) is 9.47 Å². The summed E-state index contributed by atoms with van der Waals surface area (Å²) in [7, 11) is 3.21. The summed E-state index contributed by atoms with van der Waals surface area (Å²) >= 11 is 0. The standard InChI is InChI=1S/C5H8O.C4H10O2/c6-5-3-1-2-4-5;1-4(5-2)6-3/h1-4H2;4H,1-3H3. The number of rotatable bonds is 2. The zero-order chi connectivity index (χ0) is 9.40. The van der Waals surface area contributed by atoms with Crippen LogP contribution in [-0.4, -0.2) is 26.3 Å². The lowest BCUT2D eigenvalue weighted by atomic mass is 10.4. The SMILES string of the molecule is COC(C)OC.O=C1CCCC1. The molecule has 0 spiro atoms. The van der Waals surface area contributed by atoms with Crippen molar-refractivity contribution in [3.8, 4) is 0 Å². The van der Waals surface area contributed by atoms with Gasteiger partial charge >= 0.3 is 0 Å². The monoisotopic (exact) mass is 174 g/mol. The quantitative estimate of drug-likeness (QED) is 0.598. The van der Waals surface area contributed by atoms with Gasteiger partial charge in [-0.3, -0.25) is 4.79 Å². The van der Waals surface area contributed by atoms with E-state index in [-0.39, 0.29) is 6.29 Å². The molecule has 3 heteroatoms. The van der Waals surface area contributed by atoms with Gasteiger partial charge in [0.25, 0.3) is 0 Å². The fraction of sp³-hybridized carbons (Fsp3) is 0.889. The highest BCUT2D eigenvalue weighted by molar-refractivity contribution is 5.79. The molecule has 1 aliphatic carbocycles. The summed E-state index contributed by atoms with van der Waals surface area (Å²) in [6.07, 6.45) is 3.91. The third-order valence-corrected chi connectivity index (χ3v) is 1.83. The molecule has 3 nitrogen and oxygen atoms in total. The van der Waals surface area contributed by atoms with Crippen LogP contribution in [0.1, 0.15) is 32.6 Å². The second-order valence-electron chi connectivity index (χ2n) is 2.78. The molecule has 0 aromatic carbocycles. The average Bonchev–Trinajstić information content (AvgIpc) is 2.55. The molecule has 0 aromatic heterocycles. The van der Waals surface area contributed by atoms with E-state index >= 15 is 0 Å². The Hall–Kier alpha value is -0.410. The molecule has 0 saturated heterocycles. The van der Waals surface area contributed by atoms with E-state index in [4.69, 9.17) is 0 Å². The number of methoxy groups -OCH3 is 2. The zero-order valence-corrected chi connectivity index (χ0v) is 8.13. The van der Waals surface area contributed by atoms with Crippen molar-refractivity contribution in [1.29, 1.82) is 0 Å². The van der Waals surface area contributed by atoms with Crippen LogP contribution in [0.4, 0.5) is 0 Å². The molecule has 0 atom stereocenters. The molecule has 0 radical (unpaired) electrons. The van der Waals surface area contributed by atoms with Crippen LogP contribution in [0.15, 0.2) is 0 Å². The first-order valence-corrected chi connectivity index (χ1v) is 4.28. The van der Waals surface area contributed by atoms with E-state index in [9.17, 15) is 4.79 Å². The lowest BCUT2D eigenvalue weighted by Gasteiger charge is -2.03. The van der Waals surface area contributed by atoms with Gasteiger partial charge in [0.2, 0.25) is 0 Å². The number of carbonyl (C=O) groups excluding carboxylic acids is 1. The topological polar surface area (TPSA) is 35.5 Å². The molecular weight excluding hydrogens is 156 g/mol. The fourth-order valence-electron chi connectivity index (χ4n) is 0.866. The van der Waals surface area contributed by atoms with Crippen LogP contribution in [0.3, 0.4) is 0 Å². The zero-order valence-electron chi connectivity index (χ0n) is 8.13.